The standard InChI is InChI=1S/C23H28N2O3/c1-16(2)21(26)25-11-12-28-23(15-25,22(24)27)14-18-5-4-6-20(13-18)19-9-7-17(3)8-10-19/h4-10,13,16H,11-12,14-15H2,1-3H3,(H2,24,27). The predicted octanol–water partition coefficient (Wildman–Crippen LogP) is 2.94. The van der Waals surface area contributed by atoms with Gasteiger partial charge >= 0.3 is 0 Å². The van der Waals surface area contributed by atoms with E-state index in [0.29, 0.717) is 19.6 Å². The highest BCUT2D eigenvalue weighted by molar-refractivity contribution is 5.86. The molecule has 1 aliphatic rings. The minimum atomic E-state index is -1.20. The summed E-state index contributed by atoms with van der Waals surface area (Å²) in [5.41, 5.74) is 8.90. The second kappa shape index (κ2) is 8.15. The van der Waals surface area contributed by atoms with Gasteiger partial charge in [-0.3, -0.25) is 9.59 Å². The van der Waals surface area contributed by atoms with Crippen molar-refractivity contribution >= 4 is 11.8 Å². The number of nitrogens with zero attached hydrogens (tertiary/aromatic N) is 1. The number of benzene rings is 2. The van der Waals surface area contributed by atoms with E-state index in [9.17, 15) is 9.59 Å². The molecule has 28 heavy (non-hydrogen) atoms. The van der Waals surface area contributed by atoms with E-state index < -0.39 is 11.5 Å². The average molecular weight is 380 g/mol. The fourth-order valence-corrected chi connectivity index (χ4v) is 3.62. The number of hydrogen-bond acceptors (Lipinski definition) is 3. The lowest BCUT2D eigenvalue weighted by molar-refractivity contribution is -0.165. The molecule has 148 valence electrons. The number of carbonyl (C=O) groups is 2. The van der Waals surface area contributed by atoms with Crippen LogP contribution in [0.3, 0.4) is 0 Å². The maximum atomic E-state index is 12.4. The molecule has 0 spiro atoms. The summed E-state index contributed by atoms with van der Waals surface area (Å²) in [5, 5.41) is 0. The fourth-order valence-electron chi connectivity index (χ4n) is 3.62. The molecule has 0 aromatic heterocycles. The van der Waals surface area contributed by atoms with E-state index in [1.165, 1.54) is 5.56 Å². The van der Waals surface area contributed by atoms with Crippen LogP contribution in [0.4, 0.5) is 0 Å². The number of rotatable bonds is 5. The number of morpholine rings is 1. The first kappa shape index (κ1) is 20.1. The van der Waals surface area contributed by atoms with Crippen molar-refractivity contribution in [3.63, 3.8) is 0 Å². The summed E-state index contributed by atoms with van der Waals surface area (Å²) in [5.74, 6) is -0.648. The minimum Gasteiger partial charge on any atom is -0.367 e. The van der Waals surface area contributed by atoms with E-state index in [-0.39, 0.29) is 18.4 Å². The third-order valence-electron chi connectivity index (χ3n) is 5.24. The Hall–Kier alpha value is -2.66. The van der Waals surface area contributed by atoms with E-state index in [1.54, 1.807) is 4.90 Å². The third-order valence-corrected chi connectivity index (χ3v) is 5.24. The van der Waals surface area contributed by atoms with E-state index in [4.69, 9.17) is 10.5 Å². The van der Waals surface area contributed by atoms with Crippen LogP contribution in [-0.2, 0) is 20.7 Å². The lowest BCUT2D eigenvalue weighted by atomic mass is 9.89. The molecular weight excluding hydrogens is 352 g/mol. The first-order chi connectivity index (χ1) is 13.3. The van der Waals surface area contributed by atoms with Crippen LogP contribution >= 0.6 is 0 Å². The molecule has 1 heterocycles. The summed E-state index contributed by atoms with van der Waals surface area (Å²) >= 11 is 0. The van der Waals surface area contributed by atoms with E-state index in [0.717, 1.165) is 16.7 Å². The Balaban J connectivity index is 1.87. The molecular formula is C23H28N2O3. The number of carbonyl (C=O) groups excluding carboxylic acids is 2. The topological polar surface area (TPSA) is 72.6 Å². The smallest absolute Gasteiger partial charge is 0.251 e. The predicted molar refractivity (Wildman–Crippen MR) is 110 cm³/mol. The van der Waals surface area contributed by atoms with Crippen molar-refractivity contribution in [1.82, 2.24) is 4.90 Å². The van der Waals surface area contributed by atoms with E-state index >= 15 is 0 Å². The van der Waals surface area contributed by atoms with Crippen LogP contribution in [0.5, 0.6) is 0 Å². The number of nitrogens with two attached hydrogens (primary N) is 1. The Bertz CT molecular complexity index is 860. The SMILES string of the molecule is Cc1ccc(-c2cccc(CC3(C(N)=O)CN(C(=O)C(C)C)CCO3)c2)cc1. The lowest BCUT2D eigenvalue weighted by Gasteiger charge is -2.41. The molecule has 3 rings (SSSR count). The van der Waals surface area contributed by atoms with Gasteiger partial charge in [-0.05, 0) is 23.6 Å². The quantitative estimate of drug-likeness (QED) is 0.867. The third kappa shape index (κ3) is 4.25. The van der Waals surface area contributed by atoms with Crippen molar-refractivity contribution in [2.75, 3.05) is 19.7 Å². The zero-order chi connectivity index (χ0) is 20.3. The summed E-state index contributed by atoms with van der Waals surface area (Å²) in [4.78, 5) is 26.5. The van der Waals surface area contributed by atoms with Crippen molar-refractivity contribution in [2.24, 2.45) is 11.7 Å². The van der Waals surface area contributed by atoms with E-state index in [1.807, 2.05) is 32.0 Å². The number of aryl methyl sites for hydroxylation is 1. The van der Waals surface area contributed by atoms with Crippen molar-refractivity contribution in [2.45, 2.75) is 32.8 Å². The number of hydrogen-bond donors (Lipinski definition) is 1. The molecule has 2 aromatic carbocycles. The summed E-state index contributed by atoms with van der Waals surface area (Å²) in [6, 6.07) is 16.4. The molecule has 0 radical (unpaired) electrons. The molecule has 5 heteroatoms. The Morgan fingerprint density at radius 2 is 1.86 bits per heavy atom. The van der Waals surface area contributed by atoms with Crippen LogP contribution in [0.25, 0.3) is 11.1 Å². The van der Waals surface area contributed by atoms with Gasteiger partial charge in [-0.25, -0.2) is 0 Å². The molecule has 0 saturated carbocycles. The van der Waals surface area contributed by atoms with Gasteiger partial charge in [0.05, 0.1) is 13.2 Å². The number of ether oxygens (including phenoxy) is 1. The normalized spacial score (nSPS) is 19.6. The van der Waals surface area contributed by atoms with Crippen molar-refractivity contribution in [1.29, 1.82) is 0 Å². The molecule has 2 amide bonds. The van der Waals surface area contributed by atoms with Crippen molar-refractivity contribution in [3.05, 3.63) is 59.7 Å². The Morgan fingerprint density at radius 1 is 1.14 bits per heavy atom. The molecule has 1 atom stereocenters. The fraction of sp³-hybridized carbons (Fsp3) is 0.391. The summed E-state index contributed by atoms with van der Waals surface area (Å²) < 4.78 is 5.88. The molecule has 2 aromatic rings. The van der Waals surface area contributed by atoms with Crippen molar-refractivity contribution in [3.8, 4) is 11.1 Å². The van der Waals surface area contributed by atoms with Gasteiger partial charge in [0.2, 0.25) is 5.91 Å². The molecule has 2 N–H and O–H groups in total. The second-order valence-corrected chi connectivity index (χ2v) is 7.86. The molecule has 5 nitrogen and oxygen atoms in total. The van der Waals surface area contributed by atoms with Gasteiger partial charge in [-0.2, -0.15) is 0 Å². The van der Waals surface area contributed by atoms with Crippen LogP contribution in [0.2, 0.25) is 0 Å². The average Bonchev–Trinajstić information content (AvgIpc) is 2.68. The molecule has 1 aliphatic heterocycles. The highest BCUT2D eigenvalue weighted by Gasteiger charge is 2.44. The van der Waals surface area contributed by atoms with Gasteiger partial charge in [0.25, 0.3) is 5.91 Å². The first-order valence-corrected chi connectivity index (χ1v) is 9.69. The van der Waals surface area contributed by atoms with Crippen LogP contribution < -0.4 is 5.73 Å². The lowest BCUT2D eigenvalue weighted by Crippen LogP contribution is -2.61. The van der Waals surface area contributed by atoms with Crippen LogP contribution in [0.1, 0.15) is 25.0 Å². The largest absolute Gasteiger partial charge is 0.367 e. The maximum Gasteiger partial charge on any atom is 0.251 e. The zero-order valence-corrected chi connectivity index (χ0v) is 16.8. The Kier molecular flexibility index (Phi) is 5.84. The van der Waals surface area contributed by atoms with Gasteiger partial charge in [-0.1, -0.05) is 67.9 Å². The Morgan fingerprint density at radius 3 is 2.50 bits per heavy atom. The van der Waals surface area contributed by atoms with Gasteiger partial charge in [-0.15, -0.1) is 0 Å². The van der Waals surface area contributed by atoms with Crippen LogP contribution in [0.15, 0.2) is 48.5 Å². The second-order valence-electron chi connectivity index (χ2n) is 7.86. The van der Waals surface area contributed by atoms with Gasteiger partial charge in [0.1, 0.15) is 0 Å². The molecule has 1 saturated heterocycles. The molecule has 0 aliphatic carbocycles. The summed E-state index contributed by atoms with van der Waals surface area (Å²) in [6.45, 7) is 6.74. The summed E-state index contributed by atoms with van der Waals surface area (Å²) in [7, 11) is 0. The minimum absolute atomic E-state index is 0.0160. The number of amides is 2. The van der Waals surface area contributed by atoms with Crippen LogP contribution in [0, 0.1) is 12.8 Å². The molecule has 0 bridgehead atoms. The van der Waals surface area contributed by atoms with Crippen molar-refractivity contribution < 1.29 is 14.3 Å². The van der Waals surface area contributed by atoms with E-state index in [2.05, 4.69) is 37.3 Å². The van der Waals surface area contributed by atoms with Gasteiger partial charge in [0.15, 0.2) is 5.60 Å². The van der Waals surface area contributed by atoms with Gasteiger partial charge < -0.3 is 15.4 Å². The monoisotopic (exact) mass is 380 g/mol. The number of primary amides is 1. The maximum absolute atomic E-state index is 12.4. The van der Waals surface area contributed by atoms with Crippen LogP contribution in [-0.4, -0.2) is 42.0 Å². The first-order valence-electron chi connectivity index (χ1n) is 9.69. The summed E-state index contributed by atoms with van der Waals surface area (Å²) in [6.07, 6.45) is 0.337. The zero-order valence-electron chi connectivity index (χ0n) is 16.8. The molecule has 1 fully saturated rings. The molecule has 1 unspecified atom stereocenters. The Labute approximate surface area is 166 Å². The highest BCUT2D eigenvalue weighted by Crippen LogP contribution is 2.27. The highest BCUT2D eigenvalue weighted by atomic mass is 16.5. The van der Waals surface area contributed by atoms with Gasteiger partial charge in [0, 0.05) is 18.9 Å².